The second-order valence-corrected chi connectivity index (χ2v) is 13.0. The van der Waals surface area contributed by atoms with Crippen LogP contribution in [0.15, 0.2) is 60.7 Å². The minimum Gasteiger partial charge on any atom is -0.508 e. The quantitative estimate of drug-likeness (QED) is 0.158. The standard InChI is InChI=1S/C37H51N3O5/c1-8-10-11-12-15-22-40(35(43)32(25(3)9-2)39-36(44)45-37(5,6)7)33(29-19-21-31(41)26(4)23-29)34(42)38-30-20-18-27-16-13-14-17-28(27)24-30/h13-14,16-21,23-25,32-33,41H,8-12,15,22H2,1-7H3,(H,38,42)(H,39,44). The van der Waals surface area contributed by atoms with E-state index in [1.54, 1.807) is 50.8 Å². The molecule has 0 spiro atoms. The van der Waals surface area contributed by atoms with Crippen molar-refractivity contribution in [3.63, 3.8) is 0 Å². The zero-order valence-corrected chi connectivity index (χ0v) is 28.0. The molecule has 8 nitrogen and oxygen atoms in total. The lowest BCUT2D eigenvalue weighted by Gasteiger charge is -2.36. The number of benzene rings is 3. The predicted octanol–water partition coefficient (Wildman–Crippen LogP) is 8.27. The van der Waals surface area contributed by atoms with Crippen LogP contribution in [0.2, 0.25) is 0 Å². The maximum atomic E-state index is 14.6. The molecule has 8 heteroatoms. The first kappa shape index (κ1) is 35.4. The van der Waals surface area contributed by atoms with Gasteiger partial charge in [-0.15, -0.1) is 0 Å². The molecule has 3 unspecified atom stereocenters. The minimum absolute atomic E-state index is 0.106. The summed E-state index contributed by atoms with van der Waals surface area (Å²) < 4.78 is 5.53. The molecule has 3 atom stereocenters. The highest BCUT2D eigenvalue weighted by atomic mass is 16.6. The second kappa shape index (κ2) is 16.3. The van der Waals surface area contributed by atoms with E-state index >= 15 is 0 Å². The molecule has 0 bridgehead atoms. The lowest BCUT2D eigenvalue weighted by atomic mass is 9.95. The van der Waals surface area contributed by atoms with Crippen LogP contribution in [-0.2, 0) is 14.3 Å². The topological polar surface area (TPSA) is 108 Å². The number of phenolic OH excluding ortho intramolecular Hbond substituents is 1. The number of hydrogen-bond acceptors (Lipinski definition) is 5. The molecule has 0 heterocycles. The molecule has 3 aromatic carbocycles. The molecule has 45 heavy (non-hydrogen) atoms. The van der Waals surface area contributed by atoms with E-state index in [1.165, 1.54) is 0 Å². The maximum Gasteiger partial charge on any atom is 0.408 e. The lowest BCUT2D eigenvalue weighted by Crippen LogP contribution is -2.55. The summed E-state index contributed by atoms with van der Waals surface area (Å²) in [6, 6.07) is 16.7. The van der Waals surface area contributed by atoms with Crippen LogP contribution in [0.4, 0.5) is 10.5 Å². The number of nitrogens with zero attached hydrogens (tertiary/aromatic N) is 1. The van der Waals surface area contributed by atoms with Gasteiger partial charge < -0.3 is 25.4 Å². The molecule has 0 aliphatic carbocycles. The van der Waals surface area contributed by atoms with Crippen LogP contribution < -0.4 is 10.6 Å². The fourth-order valence-electron chi connectivity index (χ4n) is 5.35. The molecule has 3 rings (SSSR count). The number of carbonyl (C=O) groups excluding carboxylic acids is 3. The minimum atomic E-state index is -1.01. The van der Waals surface area contributed by atoms with Crippen LogP contribution >= 0.6 is 0 Å². The van der Waals surface area contributed by atoms with Crippen LogP contribution in [0.3, 0.4) is 0 Å². The molecule has 0 aromatic heterocycles. The molecule has 3 N–H and O–H groups in total. The Labute approximate surface area is 268 Å². The fraction of sp³-hybridized carbons (Fsp3) is 0.486. The van der Waals surface area contributed by atoms with E-state index < -0.39 is 23.8 Å². The summed E-state index contributed by atoms with van der Waals surface area (Å²) in [5, 5.41) is 18.2. The van der Waals surface area contributed by atoms with Gasteiger partial charge in [0, 0.05) is 12.2 Å². The SMILES string of the molecule is CCCCCCCN(C(=O)C(NC(=O)OC(C)(C)C)C(C)CC)C(C(=O)Nc1ccc2ccccc2c1)c1ccc(O)c(C)c1. The number of rotatable bonds is 14. The van der Waals surface area contributed by atoms with Crippen molar-refractivity contribution in [3.05, 3.63) is 71.8 Å². The third kappa shape index (κ3) is 10.2. The van der Waals surface area contributed by atoms with Gasteiger partial charge in [-0.3, -0.25) is 9.59 Å². The Kier molecular flexibility index (Phi) is 12.8. The van der Waals surface area contributed by atoms with Crippen LogP contribution in [0, 0.1) is 12.8 Å². The number of hydrogen-bond donors (Lipinski definition) is 3. The third-order valence-corrected chi connectivity index (χ3v) is 8.05. The first-order chi connectivity index (χ1) is 21.3. The second-order valence-electron chi connectivity index (χ2n) is 13.0. The summed E-state index contributed by atoms with van der Waals surface area (Å²) in [7, 11) is 0. The van der Waals surface area contributed by atoms with Crippen molar-refractivity contribution in [2.45, 2.75) is 105 Å². The van der Waals surface area contributed by atoms with E-state index in [1.807, 2.05) is 56.3 Å². The number of fused-ring (bicyclic) bond motifs is 1. The summed E-state index contributed by atoms with van der Waals surface area (Å²) in [6.45, 7) is 13.4. The highest BCUT2D eigenvalue weighted by Gasteiger charge is 2.38. The Hall–Kier alpha value is -4.07. The van der Waals surface area contributed by atoms with Crippen molar-refractivity contribution in [1.29, 1.82) is 0 Å². The van der Waals surface area contributed by atoms with Gasteiger partial charge >= 0.3 is 6.09 Å². The number of ether oxygens (including phenoxy) is 1. The van der Waals surface area contributed by atoms with Gasteiger partial charge in [-0.25, -0.2) is 4.79 Å². The zero-order chi connectivity index (χ0) is 33.1. The van der Waals surface area contributed by atoms with E-state index in [0.717, 1.165) is 36.5 Å². The van der Waals surface area contributed by atoms with E-state index in [0.29, 0.717) is 36.2 Å². The molecule has 0 saturated carbocycles. The summed E-state index contributed by atoms with van der Waals surface area (Å²) in [4.78, 5) is 43.4. The van der Waals surface area contributed by atoms with E-state index in [9.17, 15) is 19.5 Å². The molecule has 0 saturated heterocycles. The molecule has 0 aliphatic rings. The molecule has 3 aromatic rings. The summed E-state index contributed by atoms with van der Waals surface area (Å²) in [6.07, 6.45) is 4.75. The van der Waals surface area contributed by atoms with Gasteiger partial charge in [-0.1, -0.05) is 89.3 Å². The molecule has 3 amide bonds. The van der Waals surface area contributed by atoms with Crippen LogP contribution in [0.1, 0.15) is 97.2 Å². The highest BCUT2D eigenvalue weighted by molar-refractivity contribution is 6.00. The Morgan fingerprint density at radius 3 is 2.24 bits per heavy atom. The number of aryl methyl sites for hydroxylation is 1. The number of aromatic hydroxyl groups is 1. The largest absolute Gasteiger partial charge is 0.508 e. The van der Waals surface area contributed by atoms with Gasteiger partial charge in [-0.2, -0.15) is 0 Å². The molecular weight excluding hydrogens is 566 g/mol. The summed E-state index contributed by atoms with van der Waals surface area (Å²) >= 11 is 0. The van der Waals surface area contributed by atoms with Crippen LogP contribution in [-0.4, -0.2) is 46.1 Å². The van der Waals surface area contributed by atoms with E-state index in [-0.39, 0.29) is 23.5 Å². The monoisotopic (exact) mass is 617 g/mol. The average molecular weight is 618 g/mol. The van der Waals surface area contributed by atoms with Gasteiger partial charge in [0.15, 0.2) is 0 Å². The molecule has 0 fully saturated rings. The van der Waals surface area contributed by atoms with Crippen molar-refractivity contribution in [3.8, 4) is 5.75 Å². The number of phenols is 1. The summed E-state index contributed by atoms with van der Waals surface area (Å²) in [5.41, 5.74) is 1.04. The van der Waals surface area contributed by atoms with Gasteiger partial charge in [0.25, 0.3) is 5.91 Å². The Morgan fingerprint density at radius 1 is 0.911 bits per heavy atom. The third-order valence-electron chi connectivity index (χ3n) is 8.05. The van der Waals surface area contributed by atoms with Crippen LogP contribution in [0.5, 0.6) is 5.75 Å². The molecule has 0 aliphatic heterocycles. The van der Waals surface area contributed by atoms with Crippen molar-refractivity contribution < 1.29 is 24.2 Å². The zero-order valence-electron chi connectivity index (χ0n) is 28.0. The molecule has 0 radical (unpaired) electrons. The maximum absolute atomic E-state index is 14.6. The Morgan fingerprint density at radius 2 is 1.60 bits per heavy atom. The first-order valence-electron chi connectivity index (χ1n) is 16.2. The fourth-order valence-corrected chi connectivity index (χ4v) is 5.35. The van der Waals surface area contributed by atoms with E-state index in [2.05, 4.69) is 17.6 Å². The van der Waals surface area contributed by atoms with Gasteiger partial charge in [0.1, 0.15) is 23.4 Å². The van der Waals surface area contributed by atoms with Crippen LogP contribution in [0.25, 0.3) is 10.8 Å². The van der Waals surface area contributed by atoms with Crippen molar-refractivity contribution in [1.82, 2.24) is 10.2 Å². The van der Waals surface area contributed by atoms with Crippen molar-refractivity contribution >= 4 is 34.4 Å². The van der Waals surface area contributed by atoms with E-state index in [4.69, 9.17) is 4.74 Å². The normalized spacial score (nSPS) is 13.5. The van der Waals surface area contributed by atoms with Gasteiger partial charge in [-0.05, 0) is 86.2 Å². The number of alkyl carbamates (subject to hydrolysis) is 1. The predicted molar refractivity (Wildman–Crippen MR) is 181 cm³/mol. The summed E-state index contributed by atoms with van der Waals surface area (Å²) in [5.74, 6) is -0.847. The lowest BCUT2D eigenvalue weighted by molar-refractivity contribution is -0.142. The number of carbonyl (C=O) groups is 3. The van der Waals surface area contributed by atoms with Crippen molar-refractivity contribution in [2.24, 2.45) is 5.92 Å². The highest BCUT2D eigenvalue weighted by Crippen LogP contribution is 2.30. The molecular formula is C37H51N3O5. The Bertz CT molecular complexity index is 1450. The number of anilines is 1. The number of nitrogens with one attached hydrogen (secondary N) is 2. The smallest absolute Gasteiger partial charge is 0.408 e. The number of unbranched alkanes of at least 4 members (excludes halogenated alkanes) is 4. The Balaban J connectivity index is 2.07. The molecule has 244 valence electrons. The van der Waals surface area contributed by atoms with Crippen molar-refractivity contribution in [2.75, 3.05) is 11.9 Å². The average Bonchev–Trinajstić information content (AvgIpc) is 2.99. The van der Waals surface area contributed by atoms with Gasteiger partial charge in [0.2, 0.25) is 5.91 Å². The first-order valence-corrected chi connectivity index (χ1v) is 16.2. The number of amides is 3. The van der Waals surface area contributed by atoms with Gasteiger partial charge in [0.05, 0.1) is 0 Å².